The molecule has 1 N–H and O–H groups in total. The van der Waals surface area contributed by atoms with Crippen molar-refractivity contribution >= 4 is 18.0 Å². The molecule has 1 aliphatic rings. The van der Waals surface area contributed by atoms with Gasteiger partial charge < -0.3 is 10.1 Å². The van der Waals surface area contributed by atoms with Crippen molar-refractivity contribution in [2.24, 2.45) is 5.92 Å². The van der Waals surface area contributed by atoms with E-state index in [-0.39, 0.29) is 0 Å². The topological polar surface area (TPSA) is 63.2 Å². The molecule has 1 unspecified atom stereocenters. The molecule has 0 bridgehead atoms. The summed E-state index contributed by atoms with van der Waals surface area (Å²) in [6, 6.07) is 0. The summed E-state index contributed by atoms with van der Waals surface area (Å²) in [7, 11) is 0. The molecule has 4 nitrogen and oxygen atoms in total. The van der Waals surface area contributed by atoms with Crippen molar-refractivity contribution in [1.29, 1.82) is 0 Å². The molecule has 0 aromatic rings. The van der Waals surface area contributed by atoms with Gasteiger partial charge in [0.15, 0.2) is 0 Å². The van der Waals surface area contributed by atoms with Crippen LogP contribution in [0.4, 0.5) is 0 Å². The van der Waals surface area contributed by atoms with Crippen LogP contribution in [0.15, 0.2) is 0 Å². The number of hydrogen-bond donors (Lipinski definition) is 1. The predicted molar refractivity (Wildman–Crippen MR) is 36.8 cm³/mol. The van der Waals surface area contributed by atoms with Gasteiger partial charge in [-0.25, -0.2) is 0 Å². The van der Waals surface area contributed by atoms with Gasteiger partial charge in [-0.15, -0.1) is 0 Å². The molecule has 0 saturated carbocycles. The number of carbonyl (C=O) groups excluding carboxylic acids is 3. The van der Waals surface area contributed by atoms with E-state index in [9.17, 15) is 14.4 Å². The number of ketones is 1. The van der Waals surface area contributed by atoms with Crippen molar-refractivity contribution in [3.63, 3.8) is 0 Å². The maximum atomic E-state index is 10.9. The van der Waals surface area contributed by atoms with E-state index in [1.54, 1.807) is 0 Å². The monoisotopic (exact) mass is 155 g/mol. The zero-order valence-electron chi connectivity index (χ0n) is 6.00. The van der Waals surface area contributed by atoms with Crippen molar-refractivity contribution in [1.82, 2.24) is 5.32 Å². The first kappa shape index (κ1) is 7.91. The zero-order chi connectivity index (χ0) is 8.27. The number of rotatable bonds is 1. The first-order valence-corrected chi connectivity index (χ1v) is 3.53. The number of carbonyl (C=O) groups is 3. The van der Waals surface area contributed by atoms with Crippen LogP contribution in [0.5, 0.6) is 0 Å². The van der Waals surface area contributed by atoms with Gasteiger partial charge in [0.25, 0.3) is 5.91 Å². The van der Waals surface area contributed by atoms with E-state index < -0.39 is 17.6 Å². The zero-order valence-corrected chi connectivity index (χ0v) is 6.00. The molecular formula is C7H9NO3. The second kappa shape index (κ2) is 3.27. The lowest BCUT2D eigenvalue weighted by atomic mass is 10.0. The van der Waals surface area contributed by atoms with Crippen LogP contribution < -0.4 is 5.32 Å². The Kier molecular flexibility index (Phi) is 2.36. The highest BCUT2D eigenvalue weighted by molar-refractivity contribution is 6.39. The summed E-state index contributed by atoms with van der Waals surface area (Å²) < 4.78 is 0. The van der Waals surface area contributed by atoms with Gasteiger partial charge in [0.2, 0.25) is 5.78 Å². The lowest BCUT2D eigenvalue weighted by Gasteiger charge is -1.99. The van der Waals surface area contributed by atoms with E-state index >= 15 is 0 Å². The van der Waals surface area contributed by atoms with Crippen LogP contribution >= 0.6 is 0 Å². The molecule has 11 heavy (non-hydrogen) atoms. The minimum absolute atomic E-state index is 0.487. The van der Waals surface area contributed by atoms with Crippen molar-refractivity contribution in [3.8, 4) is 0 Å². The highest BCUT2D eigenvalue weighted by Crippen LogP contribution is 2.07. The van der Waals surface area contributed by atoms with E-state index in [0.717, 1.165) is 0 Å². The summed E-state index contributed by atoms with van der Waals surface area (Å²) in [5.74, 6) is -1.94. The molecule has 1 saturated heterocycles. The Balaban J connectivity index is 2.71. The summed E-state index contributed by atoms with van der Waals surface area (Å²) in [6.45, 7) is 0.495. The summed E-state index contributed by atoms with van der Waals surface area (Å²) in [4.78, 5) is 32.0. The molecule has 1 heterocycles. The predicted octanol–water partition coefficient (Wildman–Crippen LogP) is -0.719. The molecule has 1 aliphatic heterocycles. The summed E-state index contributed by atoms with van der Waals surface area (Å²) in [6.07, 6.45) is 1.73. The molecule has 0 aromatic heterocycles. The Labute approximate surface area is 64.0 Å². The van der Waals surface area contributed by atoms with E-state index in [4.69, 9.17) is 0 Å². The van der Waals surface area contributed by atoms with Gasteiger partial charge in [-0.3, -0.25) is 9.59 Å². The Morgan fingerprint density at radius 3 is 2.82 bits per heavy atom. The summed E-state index contributed by atoms with van der Waals surface area (Å²) in [5, 5.41) is 2.41. The second-order valence-corrected chi connectivity index (χ2v) is 2.50. The third-order valence-corrected chi connectivity index (χ3v) is 1.70. The van der Waals surface area contributed by atoms with Gasteiger partial charge in [0.1, 0.15) is 6.29 Å². The van der Waals surface area contributed by atoms with E-state index in [1.165, 1.54) is 0 Å². The fourth-order valence-corrected chi connectivity index (χ4v) is 1.04. The molecule has 1 fully saturated rings. The average Bonchev–Trinajstić information content (AvgIpc) is 2.16. The van der Waals surface area contributed by atoms with Gasteiger partial charge in [-0.1, -0.05) is 0 Å². The van der Waals surface area contributed by atoms with Gasteiger partial charge in [0, 0.05) is 6.54 Å². The van der Waals surface area contributed by atoms with Crippen LogP contribution in [-0.4, -0.2) is 24.5 Å². The van der Waals surface area contributed by atoms with Crippen molar-refractivity contribution in [2.45, 2.75) is 12.8 Å². The Bertz CT molecular complexity index is 200. The lowest BCUT2D eigenvalue weighted by molar-refractivity contribution is -0.141. The summed E-state index contributed by atoms with van der Waals surface area (Å²) >= 11 is 0. The van der Waals surface area contributed by atoms with Crippen LogP contribution in [0, 0.1) is 5.92 Å². The Morgan fingerprint density at radius 2 is 2.18 bits per heavy atom. The number of aldehydes is 1. The van der Waals surface area contributed by atoms with Crippen LogP contribution in [0.2, 0.25) is 0 Å². The van der Waals surface area contributed by atoms with E-state index in [1.807, 2.05) is 0 Å². The molecule has 0 aromatic carbocycles. The minimum atomic E-state index is -0.711. The molecule has 4 heteroatoms. The van der Waals surface area contributed by atoms with Gasteiger partial charge in [-0.05, 0) is 12.8 Å². The normalized spacial score (nSPS) is 25.6. The SMILES string of the molecule is O=CC1CCCNC(=O)C1=O. The summed E-state index contributed by atoms with van der Waals surface area (Å²) in [5.41, 5.74) is 0. The van der Waals surface area contributed by atoms with Gasteiger partial charge >= 0.3 is 0 Å². The van der Waals surface area contributed by atoms with Crippen LogP contribution in [-0.2, 0) is 14.4 Å². The maximum Gasteiger partial charge on any atom is 0.288 e. The standard InChI is InChI=1S/C7H9NO3/c9-4-5-2-1-3-8-7(11)6(5)10/h4-5H,1-3H2,(H,8,11). The third-order valence-electron chi connectivity index (χ3n) is 1.70. The van der Waals surface area contributed by atoms with Crippen molar-refractivity contribution < 1.29 is 14.4 Å². The first-order valence-electron chi connectivity index (χ1n) is 3.53. The van der Waals surface area contributed by atoms with E-state index in [0.29, 0.717) is 25.7 Å². The lowest BCUT2D eigenvalue weighted by Crippen LogP contribution is -2.32. The molecule has 0 spiro atoms. The molecule has 0 aliphatic carbocycles. The van der Waals surface area contributed by atoms with Gasteiger partial charge in [0.05, 0.1) is 5.92 Å². The van der Waals surface area contributed by atoms with Crippen molar-refractivity contribution in [3.05, 3.63) is 0 Å². The number of hydrogen-bond acceptors (Lipinski definition) is 3. The Hall–Kier alpha value is -1.19. The third kappa shape index (κ3) is 1.63. The highest BCUT2D eigenvalue weighted by Gasteiger charge is 2.26. The van der Waals surface area contributed by atoms with Crippen LogP contribution in [0.25, 0.3) is 0 Å². The second-order valence-electron chi connectivity index (χ2n) is 2.50. The van der Waals surface area contributed by atoms with Crippen LogP contribution in [0.3, 0.4) is 0 Å². The molecule has 1 amide bonds. The largest absolute Gasteiger partial charge is 0.349 e. The fourth-order valence-electron chi connectivity index (χ4n) is 1.04. The van der Waals surface area contributed by atoms with Crippen molar-refractivity contribution in [2.75, 3.05) is 6.54 Å². The van der Waals surface area contributed by atoms with Gasteiger partial charge in [-0.2, -0.15) is 0 Å². The number of nitrogens with one attached hydrogen (secondary N) is 1. The highest BCUT2D eigenvalue weighted by atomic mass is 16.2. The average molecular weight is 155 g/mol. The first-order chi connectivity index (χ1) is 5.25. The fraction of sp³-hybridized carbons (Fsp3) is 0.571. The molecular weight excluding hydrogens is 146 g/mol. The molecule has 1 rings (SSSR count). The number of Topliss-reactive ketones (excluding diaryl/α,β-unsaturated/α-hetero) is 1. The molecule has 0 radical (unpaired) electrons. The quantitative estimate of drug-likeness (QED) is 0.309. The Morgan fingerprint density at radius 1 is 1.45 bits per heavy atom. The molecule has 60 valence electrons. The number of amides is 1. The maximum absolute atomic E-state index is 10.9. The smallest absolute Gasteiger partial charge is 0.288 e. The van der Waals surface area contributed by atoms with E-state index in [2.05, 4.69) is 5.32 Å². The minimum Gasteiger partial charge on any atom is -0.349 e. The van der Waals surface area contributed by atoms with Crippen LogP contribution in [0.1, 0.15) is 12.8 Å². The molecule has 1 atom stereocenters.